The molecule has 146 valence electrons. The van der Waals surface area contributed by atoms with Gasteiger partial charge >= 0.3 is 5.97 Å². The fourth-order valence-electron chi connectivity index (χ4n) is 2.20. The smallest absolute Gasteiger partial charge is 0.303 e. The van der Waals surface area contributed by atoms with E-state index in [-0.39, 0.29) is 12.5 Å². The maximum absolute atomic E-state index is 10.4. The zero-order chi connectivity index (χ0) is 19.3. The first-order valence-electron chi connectivity index (χ1n) is 9.52. The SMILES string of the molecule is CC/C=C\CC(/C=C/C=C\C/C=C\C=C/CCCCCCC(=O)O)OO. The van der Waals surface area contributed by atoms with E-state index in [9.17, 15) is 4.79 Å². The van der Waals surface area contributed by atoms with Crippen LogP contribution in [0.15, 0.2) is 60.8 Å². The Bertz CT molecular complexity index is 473. The van der Waals surface area contributed by atoms with Gasteiger partial charge in [0, 0.05) is 6.42 Å². The molecule has 4 heteroatoms. The van der Waals surface area contributed by atoms with Gasteiger partial charge in [-0.1, -0.05) is 80.5 Å². The molecule has 0 aromatic rings. The lowest BCUT2D eigenvalue weighted by atomic mass is 10.1. The minimum atomic E-state index is -0.703. The Morgan fingerprint density at radius 3 is 2.31 bits per heavy atom. The van der Waals surface area contributed by atoms with Crippen molar-refractivity contribution in [2.45, 2.75) is 70.8 Å². The van der Waals surface area contributed by atoms with E-state index in [4.69, 9.17) is 10.4 Å². The van der Waals surface area contributed by atoms with Gasteiger partial charge < -0.3 is 5.11 Å². The molecular formula is C22H34O4. The summed E-state index contributed by atoms with van der Waals surface area (Å²) in [6.45, 7) is 2.07. The van der Waals surface area contributed by atoms with Crippen LogP contribution in [0.1, 0.15) is 64.7 Å². The molecule has 4 nitrogen and oxygen atoms in total. The Labute approximate surface area is 158 Å². The Morgan fingerprint density at radius 2 is 1.62 bits per heavy atom. The number of carboxylic acid groups (broad SMARTS) is 1. The number of rotatable bonds is 16. The third-order valence-corrected chi connectivity index (χ3v) is 3.65. The molecule has 0 radical (unpaired) electrons. The number of hydrogen-bond donors (Lipinski definition) is 2. The van der Waals surface area contributed by atoms with E-state index in [1.807, 2.05) is 42.5 Å². The molecule has 1 atom stereocenters. The quantitative estimate of drug-likeness (QED) is 0.112. The maximum atomic E-state index is 10.4. The number of carbonyl (C=O) groups is 1. The number of hydrogen-bond acceptors (Lipinski definition) is 3. The van der Waals surface area contributed by atoms with Crippen molar-refractivity contribution in [3.05, 3.63) is 60.8 Å². The summed E-state index contributed by atoms with van der Waals surface area (Å²) >= 11 is 0. The van der Waals surface area contributed by atoms with Crippen molar-refractivity contribution in [2.24, 2.45) is 0 Å². The molecule has 0 aromatic heterocycles. The first kappa shape index (κ1) is 24.1. The zero-order valence-corrected chi connectivity index (χ0v) is 15.9. The van der Waals surface area contributed by atoms with Crippen molar-refractivity contribution in [1.29, 1.82) is 0 Å². The minimum Gasteiger partial charge on any atom is -0.481 e. The molecule has 1 unspecified atom stereocenters. The molecule has 0 aliphatic rings. The Kier molecular flexibility index (Phi) is 18.0. The van der Waals surface area contributed by atoms with E-state index in [2.05, 4.69) is 30.0 Å². The van der Waals surface area contributed by atoms with Gasteiger partial charge in [0.05, 0.1) is 0 Å². The van der Waals surface area contributed by atoms with Gasteiger partial charge in [-0.05, 0) is 38.5 Å². The fraction of sp³-hybridized carbons (Fsp3) is 0.500. The van der Waals surface area contributed by atoms with Gasteiger partial charge in [0.1, 0.15) is 6.10 Å². The van der Waals surface area contributed by atoms with Crippen molar-refractivity contribution in [2.75, 3.05) is 0 Å². The molecule has 0 rings (SSSR count). The van der Waals surface area contributed by atoms with E-state index < -0.39 is 5.97 Å². The molecule has 0 heterocycles. The normalized spacial score (nSPS) is 13.9. The van der Waals surface area contributed by atoms with Crippen LogP contribution in [0.2, 0.25) is 0 Å². The summed E-state index contributed by atoms with van der Waals surface area (Å²) in [4.78, 5) is 14.8. The minimum absolute atomic E-state index is 0.283. The summed E-state index contributed by atoms with van der Waals surface area (Å²) in [5.41, 5.74) is 0. The number of unbranched alkanes of at least 4 members (excludes halogenated alkanes) is 4. The van der Waals surface area contributed by atoms with Crippen molar-refractivity contribution < 1.29 is 20.0 Å². The van der Waals surface area contributed by atoms with Crippen LogP contribution < -0.4 is 0 Å². The second-order valence-electron chi connectivity index (χ2n) is 6.01. The fourth-order valence-corrected chi connectivity index (χ4v) is 2.20. The largest absolute Gasteiger partial charge is 0.481 e. The molecule has 0 saturated carbocycles. The van der Waals surface area contributed by atoms with E-state index >= 15 is 0 Å². The average Bonchev–Trinajstić information content (AvgIpc) is 2.63. The second kappa shape index (κ2) is 19.4. The number of aliphatic carboxylic acids is 1. The van der Waals surface area contributed by atoms with E-state index in [0.29, 0.717) is 6.42 Å². The van der Waals surface area contributed by atoms with E-state index in [1.54, 1.807) is 0 Å². The lowest BCUT2D eigenvalue weighted by molar-refractivity contribution is -0.264. The van der Waals surface area contributed by atoms with Crippen molar-refractivity contribution in [1.82, 2.24) is 0 Å². The second-order valence-corrected chi connectivity index (χ2v) is 6.01. The highest BCUT2D eigenvalue weighted by Crippen LogP contribution is 2.06. The van der Waals surface area contributed by atoms with Crippen LogP contribution >= 0.6 is 0 Å². The highest BCUT2D eigenvalue weighted by Gasteiger charge is 1.99. The van der Waals surface area contributed by atoms with E-state index in [0.717, 1.165) is 44.9 Å². The number of carboxylic acids is 1. The topological polar surface area (TPSA) is 66.8 Å². The molecular weight excluding hydrogens is 328 g/mol. The third-order valence-electron chi connectivity index (χ3n) is 3.65. The van der Waals surface area contributed by atoms with Gasteiger partial charge in [-0.3, -0.25) is 10.1 Å². The predicted molar refractivity (Wildman–Crippen MR) is 108 cm³/mol. The maximum Gasteiger partial charge on any atom is 0.303 e. The van der Waals surface area contributed by atoms with Crippen LogP contribution in [0.3, 0.4) is 0 Å². The molecule has 2 N–H and O–H groups in total. The third kappa shape index (κ3) is 18.4. The van der Waals surface area contributed by atoms with Crippen molar-refractivity contribution >= 4 is 5.97 Å². The standard InChI is InChI=1S/C22H34O4/c1-2-3-15-18-21(26-25)19-16-13-11-9-7-5-4-6-8-10-12-14-17-20-22(23)24/h3-7,11,13,15-16,19,21,25H,2,8-10,12,14,17-18,20H2,1H3,(H,23,24)/b6-4-,7-5-,13-11-,15-3-,19-16+. The van der Waals surface area contributed by atoms with Gasteiger partial charge in [0.2, 0.25) is 0 Å². The molecule has 0 aliphatic carbocycles. The molecule has 0 bridgehead atoms. The summed E-state index contributed by atoms with van der Waals surface area (Å²) in [5.74, 6) is -0.703. The van der Waals surface area contributed by atoms with Gasteiger partial charge in [0.15, 0.2) is 0 Å². The molecule has 0 spiro atoms. The first-order valence-corrected chi connectivity index (χ1v) is 9.52. The van der Waals surface area contributed by atoms with Gasteiger partial charge in [-0.15, -0.1) is 0 Å². The van der Waals surface area contributed by atoms with Crippen LogP contribution in [0, 0.1) is 0 Å². The van der Waals surface area contributed by atoms with E-state index in [1.165, 1.54) is 0 Å². The summed E-state index contributed by atoms with van der Waals surface area (Å²) in [6.07, 6.45) is 27.5. The van der Waals surface area contributed by atoms with Crippen LogP contribution in [-0.2, 0) is 9.68 Å². The Hall–Kier alpha value is -1.91. The summed E-state index contributed by atoms with van der Waals surface area (Å²) in [6, 6.07) is 0. The van der Waals surface area contributed by atoms with Crippen molar-refractivity contribution in [3.63, 3.8) is 0 Å². The van der Waals surface area contributed by atoms with Gasteiger partial charge in [0.25, 0.3) is 0 Å². The van der Waals surface area contributed by atoms with Crippen LogP contribution in [0.5, 0.6) is 0 Å². The van der Waals surface area contributed by atoms with Gasteiger partial charge in [-0.2, -0.15) is 0 Å². The predicted octanol–water partition coefficient (Wildman–Crippen LogP) is 6.24. The molecule has 0 aromatic carbocycles. The monoisotopic (exact) mass is 362 g/mol. The molecule has 26 heavy (non-hydrogen) atoms. The van der Waals surface area contributed by atoms with Crippen LogP contribution in [0.25, 0.3) is 0 Å². The molecule has 0 fully saturated rings. The molecule has 0 saturated heterocycles. The molecule has 0 amide bonds. The van der Waals surface area contributed by atoms with Crippen LogP contribution in [0.4, 0.5) is 0 Å². The highest BCUT2D eigenvalue weighted by atomic mass is 17.1. The van der Waals surface area contributed by atoms with Crippen molar-refractivity contribution in [3.8, 4) is 0 Å². The highest BCUT2D eigenvalue weighted by molar-refractivity contribution is 5.66. The summed E-state index contributed by atoms with van der Waals surface area (Å²) in [5, 5.41) is 17.3. The average molecular weight is 363 g/mol. The lowest BCUT2D eigenvalue weighted by Crippen LogP contribution is -2.04. The zero-order valence-electron chi connectivity index (χ0n) is 15.9. The first-order chi connectivity index (χ1) is 12.7. The van der Waals surface area contributed by atoms with Crippen LogP contribution in [-0.4, -0.2) is 22.4 Å². The Morgan fingerprint density at radius 1 is 0.923 bits per heavy atom. The summed E-state index contributed by atoms with van der Waals surface area (Å²) < 4.78 is 0. The van der Waals surface area contributed by atoms with Gasteiger partial charge in [-0.25, -0.2) is 4.89 Å². The lowest BCUT2D eigenvalue weighted by Gasteiger charge is -2.03. The molecule has 0 aliphatic heterocycles. The number of allylic oxidation sites excluding steroid dienone is 8. The summed E-state index contributed by atoms with van der Waals surface area (Å²) in [7, 11) is 0. The Balaban J connectivity index is 3.69.